The summed E-state index contributed by atoms with van der Waals surface area (Å²) in [6.45, 7) is 7.16. The highest BCUT2D eigenvalue weighted by Crippen LogP contribution is 2.23. The summed E-state index contributed by atoms with van der Waals surface area (Å²) in [5.41, 5.74) is 1.24. The average Bonchev–Trinajstić information content (AvgIpc) is 2.94. The molecule has 1 aliphatic heterocycles. The molecule has 4 rings (SSSR count). The van der Waals surface area contributed by atoms with E-state index in [2.05, 4.69) is 10.6 Å². The number of piperazine rings is 1. The van der Waals surface area contributed by atoms with Crippen molar-refractivity contribution < 1.29 is 19.1 Å². The van der Waals surface area contributed by atoms with Crippen LogP contribution < -0.4 is 15.4 Å². The van der Waals surface area contributed by atoms with Gasteiger partial charge in [0.1, 0.15) is 11.8 Å². The zero-order valence-electron chi connectivity index (χ0n) is 22.4. The largest absolute Gasteiger partial charge is 0.497 e. The van der Waals surface area contributed by atoms with Crippen molar-refractivity contribution >= 4 is 34.3 Å². The summed E-state index contributed by atoms with van der Waals surface area (Å²) in [5.74, 6) is 0.395. The van der Waals surface area contributed by atoms with Gasteiger partial charge in [0.25, 0.3) is 5.91 Å². The molecule has 8 heteroatoms. The lowest BCUT2D eigenvalue weighted by molar-refractivity contribution is -0.136. The minimum absolute atomic E-state index is 0.0318. The fourth-order valence-electron chi connectivity index (χ4n) is 4.92. The van der Waals surface area contributed by atoms with Gasteiger partial charge in [-0.1, -0.05) is 62.7 Å². The summed E-state index contributed by atoms with van der Waals surface area (Å²) >= 11 is 0. The minimum Gasteiger partial charge on any atom is -0.497 e. The lowest BCUT2D eigenvalue weighted by Gasteiger charge is -2.41. The molecule has 3 aromatic carbocycles. The number of urea groups is 1. The normalized spacial score (nSPS) is 17.0. The van der Waals surface area contributed by atoms with E-state index >= 15 is 0 Å². The van der Waals surface area contributed by atoms with E-state index in [0.717, 1.165) is 17.2 Å². The predicted molar refractivity (Wildman–Crippen MR) is 149 cm³/mol. The molecular formula is C30H36N4O4. The van der Waals surface area contributed by atoms with Crippen molar-refractivity contribution in [2.75, 3.05) is 32.1 Å². The zero-order valence-corrected chi connectivity index (χ0v) is 22.4. The Hall–Kier alpha value is -4.07. The molecule has 4 amide bonds. The fraction of sp³-hybridized carbons (Fsp3) is 0.367. The van der Waals surface area contributed by atoms with Crippen LogP contribution in [-0.2, 0) is 4.79 Å². The van der Waals surface area contributed by atoms with Crippen LogP contribution in [0.4, 0.5) is 10.5 Å². The number of carbonyl (C=O) groups excluding carboxylic acids is 3. The van der Waals surface area contributed by atoms with Gasteiger partial charge >= 0.3 is 6.03 Å². The summed E-state index contributed by atoms with van der Waals surface area (Å²) in [6.07, 6.45) is 0.727. The number of hydrogen-bond acceptors (Lipinski definition) is 4. The van der Waals surface area contributed by atoms with Crippen molar-refractivity contribution in [3.8, 4) is 5.75 Å². The molecule has 3 unspecified atom stereocenters. The molecule has 8 nitrogen and oxygen atoms in total. The van der Waals surface area contributed by atoms with Crippen LogP contribution in [0.2, 0.25) is 0 Å². The first-order valence-electron chi connectivity index (χ1n) is 13.1. The SMILES string of the molecule is CCC(C)C(NC(=O)Nc1cccc(OC)c1)C(=O)N1CCN(C(=O)c2cccc3ccccc23)C(C)C1. The Kier molecular flexibility index (Phi) is 8.51. The first-order chi connectivity index (χ1) is 18.3. The molecule has 0 spiro atoms. The van der Waals surface area contributed by atoms with Gasteiger partial charge in [-0.15, -0.1) is 0 Å². The molecule has 0 radical (unpaired) electrons. The molecule has 38 heavy (non-hydrogen) atoms. The van der Waals surface area contributed by atoms with E-state index in [9.17, 15) is 14.4 Å². The van der Waals surface area contributed by atoms with Gasteiger partial charge in [-0.25, -0.2) is 4.79 Å². The van der Waals surface area contributed by atoms with E-state index in [1.807, 2.05) is 68.1 Å². The minimum atomic E-state index is -0.682. The number of carbonyl (C=O) groups is 3. The van der Waals surface area contributed by atoms with Gasteiger partial charge in [0.2, 0.25) is 5.91 Å². The van der Waals surface area contributed by atoms with E-state index < -0.39 is 12.1 Å². The van der Waals surface area contributed by atoms with Gasteiger partial charge in [0, 0.05) is 43.0 Å². The maximum atomic E-state index is 13.6. The first-order valence-corrected chi connectivity index (χ1v) is 13.1. The highest BCUT2D eigenvalue weighted by atomic mass is 16.5. The number of methoxy groups -OCH3 is 1. The Morgan fingerprint density at radius 2 is 1.76 bits per heavy atom. The number of fused-ring (bicyclic) bond motifs is 1. The molecule has 1 saturated heterocycles. The van der Waals surface area contributed by atoms with Crippen LogP contribution in [0.3, 0.4) is 0 Å². The van der Waals surface area contributed by atoms with Crippen molar-refractivity contribution in [2.45, 2.75) is 39.3 Å². The molecule has 0 aliphatic carbocycles. The van der Waals surface area contributed by atoms with Crippen molar-refractivity contribution in [3.05, 3.63) is 72.3 Å². The van der Waals surface area contributed by atoms with Crippen LogP contribution in [0.5, 0.6) is 5.75 Å². The molecule has 0 bridgehead atoms. The predicted octanol–water partition coefficient (Wildman–Crippen LogP) is 4.76. The van der Waals surface area contributed by atoms with Crippen molar-refractivity contribution in [1.82, 2.24) is 15.1 Å². The molecule has 3 aromatic rings. The Morgan fingerprint density at radius 1 is 1.03 bits per heavy atom. The number of nitrogens with one attached hydrogen (secondary N) is 2. The Bertz CT molecular complexity index is 1300. The Labute approximate surface area is 223 Å². The monoisotopic (exact) mass is 516 g/mol. The van der Waals surface area contributed by atoms with Crippen LogP contribution in [0.25, 0.3) is 10.8 Å². The molecule has 0 aromatic heterocycles. The van der Waals surface area contributed by atoms with E-state index in [4.69, 9.17) is 4.74 Å². The fourth-order valence-corrected chi connectivity index (χ4v) is 4.92. The number of amides is 4. The summed E-state index contributed by atoms with van der Waals surface area (Å²) < 4.78 is 5.22. The van der Waals surface area contributed by atoms with E-state index in [-0.39, 0.29) is 23.8 Å². The molecular weight excluding hydrogens is 480 g/mol. The van der Waals surface area contributed by atoms with Crippen molar-refractivity contribution in [1.29, 1.82) is 0 Å². The molecule has 3 atom stereocenters. The van der Waals surface area contributed by atoms with Gasteiger partial charge in [-0.3, -0.25) is 9.59 Å². The van der Waals surface area contributed by atoms with Gasteiger partial charge in [-0.2, -0.15) is 0 Å². The lowest BCUT2D eigenvalue weighted by atomic mass is 9.97. The first kappa shape index (κ1) is 27.0. The number of rotatable bonds is 7. The van der Waals surface area contributed by atoms with Crippen molar-refractivity contribution in [2.24, 2.45) is 5.92 Å². The number of hydrogen-bond donors (Lipinski definition) is 2. The molecule has 2 N–H and O–H groups in total. The molecule has 1 heterocycles. The maximum absolute atomic E-state index is 13.6. The standard InChI is InChI=1S/C30H36N4O4/c1-5-20(2)27(32-30(37)31-23-12-9-13-24(18-23)38-4)29(36)33-16-17-34(21(3)19-33)28(35)26-15-8-11-22-10-6-7-14-25(22)26/h6-15,18,20-21,27H,5,16-17,19H2,1-4H3,(H2,31,32,37). The highest BCUT2D eigenvalue weighted by Gasteiger charge is 2.35. The lowest BCUT2D eigenvalue weighted by Crippen LogP contribution is -2.60. The number of benzene rings is 3. The van der Waals surface area contributed by atoms with Crippen LogP contribution in [0, 0.1) is 5.92 Å². The second kappa shape index (κ2) is 12.0. The van der Waals surface area contributed by atoms with Crippen LogP contribution >= 0.6 is 0 Å². The Morgan fingerprint density at radius 3 is 2.50 bits per heavy atom. The highest BCUT2D eigenvalue weighted by molar-refractivity contribution is 6.07. The van der Waals surface area contributed by atoms with Crippen LogP contribution in [0.15, 0.2) is 66.7 Å². The second-order valence-corrected chi connectivity index (χ2v) is 9.85. The van der Waals surface area contributed by atoms with E-state index in [1.165, 1.54) is 0 Å². The van der Waals surface area contributed by atoms with Gasteiger partial charge in [-0.05, 0) is 41.8 Å². The van der Waals surface area contributed by atoms with E-state index in [1.54, 1.807) is 36.3 Å². The Balaban J connectivity index is 1.43. The average molecular weight is 517 g/mol. The third kappa shape index (κ3) is 5.90. The third-order valence-electron chi connectivity index (χ3n) is 7.31. The molecule has 200 valence electrons. The van der Waals surface area contributed by atoms with Gasteiger partial charge in [0.05, 0.1) is 7.11 Å². The zero-order chi connectivity index (χ0) is 27.2. The topological polar surface area (TPSA) is 91.0 Å². The summed E-state index contributed by atoms with van der Waals surface area (Å²) in [6, 6.07) is 19.4. The van der Waals surface area contributed by atoms with Gasteiger partial charge < -0.3 is 25.2 Å². The number of ether oxygens (including phenoxy) is 1. The van der Waals surface area contributed by atoms with Gasteiger partial charge in [0.15, 0.2) is 0 Å². The van der Waals surface area contributed by atoms with Crippen molar-refractivity contribution in [3.63, 3.8) is 0 Å². The second-order valence-electron chi connectivity index (χ2n) is 9.85. The molecule has 1 aliphatic rings. The molecule has 0 saturated carbocycles. The number of anilines is 1. The summed E-state index contributed by atoms with van der Waals surface area (Å²) in [7, 11) is 1.56. The van der Waals surface area contributed by atoms with Crippen LogP contribution in [-0.4, -0.2) is 66.5 Å². The maximum Gasteiger partial charge on any atom is 0.319 e. The summed E-state index contributed by atoms with van der Waals surface area (Å²) in [4.78, 5) is 43.5. The van der Waals surface area contributed by atoms with Crippen LogP contribution in [0.1, 0.15) is 37.6 Å². The number of nitrogens with zero attached hydrogens (tertiary/aromatic N) is 2. The van der Waals surface area contributed by atoms with E-state index in [0.29, 0.717) is 36.6 Å². The smallest absolute Gasteiger partial charge is 0.319 e. The molecule has 1 fully saturated rings. The third-order valence-corrected chi connectivity index (χ3v) is 7.31. The summed E-state index contributed by atoms with van der Waals surface area (Å²) in [5, 5.41) is 7.62. The quantitative estimate of drug-likeness (QED) is 0.474.